The monoisotopic (exact) mass is 234 g/mol. The van der Waals surface area contributed by atoms with Crippen LogP contribution in [0, 0.1) is 0 Å². The zero-order chi connectivity index (χ0) is 11.4. The summed E-state index contributed by atoms with van der Waals surface area (Å²) in [6.07, 6.45) is 3.64. The molecule has 0 bridgehead atoms. The summed E-state index contributed by atoms with van der Waals surface area (Å²) in [6, 6.07) is 9.82. The van der Waals surface area contributed by atoms with Gasteiger partial charge in [0.15, 0.2) is 0 Å². The molecule has 0 aliphatic rings. The molecule has 0 saturated heterocycles. The van der Waals surface area contributed by atoms with Crippen molar-refractivity contribution in [3.8, 4) is 5.69 Å². The molecule has 1 atom stereocenters. The summed E-state index contributed by atoms with van der Waals surface area (Å²) in [6.45, 7) is 1.94. The predicted molar refractivity (Wildman–Crippen MR) is 66.0 cm³/mol. The van der Waals surface area contributed by atoms with Crippen molar-refractivity contribution in [3.05, 3.63) is 48.3 Å². The molecule has 0 fully saturated rings. The Morgan fingerprint density at radius 3 is 2.81 bits per heavy atom. The van der Waals surface area contributed by atoms with Crippen LogP contribution in [0.2, 0.25) is 0 Å². The first-order valence-electron chi connectivity index (χ1n) is 5.24. The summed E-state index contributed by atoms with van der Waals surface area (Å²) < 4.78 is 13.4. The number of hydrogen-bond donors (Lipinski definition) is 0. The van der Waals surface area contributed by atoms with Gasteiger partial charge in [0.05, 0.1) is 11.4 Å². The summed E-state index contributed by atoms with van der Waals surface area (Å²) in [4.78, 5) is 0. The Morgan fingerprint density at radius 1 is 1.31 bits per heavy atom. The smallest absolute Gasteiger partial charge is 0.0686 e. The van der Waals surface area contributed by atoms with Crippen LogP contribution in [0.15, 0.2) is 42.7 Å². The molecule has 0 amide bonds. The zero-order valence-corrected chi connectivity index (χ0v) is 9.98. The van der Waals surface area contributed by atoms with E-state index >= 15 is 0 Å². The van der Waals surface area contributed by atoms with E-state index in [4.69, 9.17) is 0 Å². The maximum absolute atomic E-state index is 11.6. The van der Waals surface area contributed by atoms with Crippen molar-refractivity contribution >= 4 is 10.8 Å². The second-order valence-electron chi connectivity index (χ2n) is 3.45. The van der Waals surface area contributed by atoms with Gasteiger partial charge in [-0.25, -0.2) is 4.68 Å². The molecule has 0 spiro atoms. The maximum Gasteiger partial charge on any atom is 0.0686 e. The van der Waals surface area contributed by atoms with Crippen molar-refractivity contribution in [2.24, 2.45) is 0 Å². The van der Waals surface area contributed by atoms with Crippen LogP contribution in [-0.2, 0) is 16.6 Å². The highest BCUT2D eigenvalue weighted by molar-refractivity contribution is 7.84. The molecule has 1 unspecified atom stereocenters. The Balaban J connectivity index is 2.35. The molecule has 3 nitrogen and oxygen atoms in total. The molecule has 0 aliphatic heterocycles. The second kappa shape index (κ2) is 5.07. The Kier molecular flexibility index (Phi) is 3.51. The first-order valence-corrected chi connectivity index (χ1v) is 6.73. The van der Waals surface area contributed by atoms with Crippen LogP contribution in [0.1, 0.15) is 12.5 Å². The van der Waals surface area contributed by atoms with Crippen molar-refractivity contribution in [2.45, 2.75) is 12.7 Å². The Hall–Kier alpha value is -1.42. The quantitative estimate of drug-likeness (QED) is 0.812. The fourth-order valence-corrected chi connectivity index (χ4v) is 2.34. The van der Waals surface area contributed by atoms with Gasteiger partial charge in [0.1, 0.15) is 0 Å². The first kappa shape index (κ1) is 11.1. The summed E-state index contributed by atoms with van der Waals surface area (Å²) in [7, 11) is -0.791. The van der Waals surface area contributed by atoms with E-state index in [1.54, 1.807) is 6.20 Å². The average molecular weight is 234 g/mol. The van der Waals surface area contributed by atoms with Gasteiger partial charge in [-0.15, -0.1) is 0 Å². The molecular weight excluding hydrogens is 220 g/mol. The second-order valence-corrected chi connectivity index (χ2v) is 5.20. The third-order valence-corrected chi connectivity index (χ3v) is 3.66. The van der Waals surface area contributed by atoms with E-state index in [0.717, 1.165) is 11.3 Å². The van der Waals surface area contributed by atoms with Crippen molar-refractivity contribution < 1.29 is 4.21 Å². The lowest BCUT2D eigenvalue weighted by atomic mass is 10.2. The Morgan fingerprint density at radius 2 is 2.12 bits per heavy atom. The van der Waals surface area contributed by atoms with Crippen molar-refractivity contribution in [1.29, 1.82) is 0 Å². The highest BCUT2D eigenvalue weighted by atomic mass is 32.2. The van der Waals surface area contributed by atoms with Gasteiger partial charge in [0.2, 0.25) is 0 Å². The van der Waals surface area contributed by atoms with Gasteiger partial charge in [0, 0.05) is 28.9 Å². The van der Waals surface area contributed by atoms with Crippen molar-refractivity contribution in [3.63, 3.8) is 0 Å². The van der Waals surface area contributed by atoms with E-state index in [1.807, 2.05) is 48.1 Å². The van der Waals surface area contributed by atoms with Crippen LogP contribution in [0.25, 0.3) is 5.69 Å². The number of benzene rings is 1. The van der Waals surface area contributed by atoms with Gasteiger partial charge < -0.3 is 0 Å². The summed E-state index contributed by atoms with van der Waals surface area (Å²) >= 11 is 0. The SMILES string of the molecule is CCS(=O)Cc1ccccc1-n1cccn1. The van der Waals surface area contributed by atoms with E-state index in [-0.39, 0.29) is 0 Å². The highest BCUT2D eigenvalue weighted by Crippen LogP contribution is 2.15. The third kappa shape index (κ3) is 2.39. The van der Waals surface area contributed by atoms with Crippen LogP contribution in [-0.4, -0.2) is 19.7 Å². The van der Waals surface area contributed by atoms with Crippen molar-refractivity contribution in [2.75, 3.05) is 5.75 Å². The zero-order valence-electron chi connectivity index (χ0n) is 9.17. The van der Waals surface area contributed by atoms with E-state index < -0.39 is 10.8 Å². The molecule has 1 aromatic heterocycles. The average Bonchev–Trinajstić information content (AvgIpc) is 2.83. The first-order chi connectivity index (χ1) is 7.81. The van der Waals surface area contributed by atoms with Crippen molar-refractivity contribution in [1.82, 2.24) is 9.78 Å². The topological polar surface area (TPSA) is 34.9 Å². The number of nitrogens with zero attached hydrogens (tertiary/aromatic N) is 2. The third-order valence-electron chi connectivity index (χ3n) is 2.38. The molecule has 2 rings (SSSR count). The van der Waals surface area contributed by atoms with Gasteiger partial charge in [0.25, 0.3) is 0 Å². The molecule has 16 heavy (non-hydrogen) atoms. The maximum atomic E-state index is 11.6. The summed E-state index contributed by atoms with van der Waals surface area (Å²) in [5.41, 5.74) is 2.08. The lowest BCUT2D eigenvalue weighted by Crippen LogP contribution is -2.04. The Bertz CT molecular complexity index is 480. The number of hydrogen-bond acceptors (Lipinski definition) is 2. The highest BCUT2D eigenvalue weighted by Gasteiger charge is 2.06. The molecule has 4 heteroatoms. The van der Waals surface area contributed by atoms with Crippen LogP contribution in [0.3, 0.4) is 0 Å². The minimum absolute atomic E-state index is 0.590. The van der Waals surface area contributed by atoms with Crippen LogP contribution < -0.4 is 0 Å². The predicted octanol–water partition coefficient (Wildman–Crippen LogP) is 2.14. The normalized spacial score (nSPS) is 12.6. The fraction of sp³-hybridized carbons (Fsp3) is 0.250. The van der Waals surface area contributed by atoms with Crippen LogP contribution >= 0.6 is 0 Å². The van der Waals surface area contributed by atoms with E-state index in [9.17, 15) is 4.21 Å². The molecule has 1 heterocycles. The lowest BCUT2D eigenvalue weighted by molar-refractivity contribution is 0.683. The van der Waals surface area contributed by atoms with E-state index in [0.29, 0.717) is 11.5 Å². The van der Waals surface area contributed by atoms with Crippen LogP contribution in [0.4, 0.5) is 0 Å². The van der Waals surface area contributed by atoms with Gasteiger partial charge in [-0.05, 0) is 17.7 Å². The molecule has 0 radical (unpaired) electrons. The molecule has 0 N–H and O–H groups in total. The van der Waals surface area contributed by atoms with Gasteiger partial charge in [-0.1, -0.05) is 25.1 Å². The van der Waals surface area contributed by atoms with Crippen LogP contribution in [0.5, 0.6) is 0 Å². The van der Waals surface area contributed by atoms with Gasteiger partial charge in [-0.3, -0.25) is 4.21 Å². The lowest BCUT2D eigenvalue weighted by Gasteiger charge is -2.08. The van der Waals surface area contributed by atoms with E-state index in [1.165, 1.54) is 0 Å². The molecule has 0 saturated carbocycles. The number of aromatic nitrogens is 2. The number of rotatable bonds is 4. The standard InChI is InChI=1S/C12H14N2OS/c1-2-16(15)10-11-6-3-4-7-12(11)14-9-5-8-13-14/h3-9H,2,10H2,1H3. The Labute approximate surface area is 97.6 Å². The number of para-hydroxylation sites is 1. The van der Waals surface area contributed by atoms with E-state index in [2.05, 4.69) is 5.10 Å². The largest absolute Gasteiger partial charge is 0.259 e. The summed E-state index contributed by atoms with van der Waals surface area (Å²) in [5, 5.41) is 4.20. The molecule has 84 valence electrons. The van der Waals surface area contributed by atoms with Gasteiger partial charge in [-0.2, -0.15) is 5.10 Å². The molecular formula is C12H14N2OS. The molecule has 0 aliphatic carbocycles. The minimum Gasteiger partial charge on any atom is -0.259 e. The molecule has 1 aromatic carbocycles. The minimum atomic E-state index is -0.791. The molecule has 2 aromatic rings. The fourth-order valence-electron chi connectivity index (χ4n) is 1.54. The van der Waals surface area contributed by atoms with Gasteiger partial charge >= 0.3 is 0 Å². The summed E-state index contributed by atoms with van der Waals surface area (Å²) in [5.74, 6) is 1.28.